The van der Waals surface area contributed by atoms with Crippen LogP contribution in [0.3, 0.4) is 0 Å². The van der Waals surface area contributed by atoms with Crippen molar-refractivity contribution in [1.29, 1.82) is 0 Å². The van der Waals surface area contributed by atoms with Gasteiger partial charge in [0.2, 0.25) is 0 Å². The molecule has 4 rings (SSSR count). The Morgan fingerprint density at radius 3 is 2.54 bits per heavy atom. The minimum Gasteiger partial charge on any atom is -0.369 e. The summed E-state index contributed by atoms with van der Waals surface area (Å²) in [7, 11) is 0. The highest BCUT2D eigenvalue weighted by Crippen LogP contribution is 2.31. The number of aromatic nitrogens is 3. The molecule has 4 aromatic rings. The summed E-state index contributed by atoms with van der Waals surface area (Å²) in [4.78, 5) is 8.42. The van der Waals surface area contributed by atoms with Gasteiger partial charge in [0.05, 0.1) is 0 Å². The van der Waals surface area contributed by atoms with Gasteiger partial charge in [0.1, 0.15) is 29.0 Å². The lowest BCUT2D eigenvalue weighted by atomic mass is 10.1. The first-order chi connectivity index (χ1) is 12.7. The van der Waals surface area contributed by atoms with E-state index in [1.807, 2.05) is 24.3 Å². The smallest absolute Gasteiger partial charge is 0.263 e. The second-order valence-corrected chi connectivity index (χ2v) is 6.18. The Bertz CT molecular complexity index is 1030. The highest BCUT2D eigenvalue weighted by atomic mass is 35.5. The van der Waals surface area contributed by atoms with Crippen molar-refractivity contribution >= 4 is 28.5 Å². The molecule has 0 saturated heterocycles. The van der Waals surface area contributed by atoms with Gasteiger partial charge in [-0.25, -0.2) is 9.37 Å². The maximum absolute atomic E-state index is 13.2. The molecule has 2 aromatic carbocycles. The molecular weight excluding hydrogens is 355 g/mol. The van der Waals surface area contributed by atoms with E-state index in [2.05, 4.69) is 20.4 Å². The molecular formula is C19H14ClFN4O. The third-order valence-electron chi connectivity index (χ3n) is 4.01. The maximum Gasteiger partial charge on any atom is 0.263 e. The minimum absolute atomic E-state index is 0.306. The van der Waals surface area contributed by atoms with E-state index >= 15 is 0 Å². The highest BCUT2D eigenvalue weighted by Gasteiger charge is 2.16. The number of hydrogen-bond donors (Lipinski definition) is 1. The van der Waals surface area contributed by atoms with Gasteiger partial charge in [0, 0.05) is 17.1 Å². The van der Waals surface area contributed by atoms with Crippen molar-refractivity contribution in [1.82, 2.24) is 15.1 Å². The SMILES string of the molecule is Fc1ccc(-c2noc3ncnc(NCCc4ccc(Cl)cc4)c23)cc1. The summed E-state index contributed by atoms with van der Waals surface area (Å²) < 4.78 is 18.5. The van der Waals surface area contributed by atoms with E-state index in [9.17, 15) is 4.39 Å². The van der Waals surface area contributed by atoms with Gasteiger partial charge in [-0.05, 0) is 48.4 Å². The summed E-state index contributed by atoms with van der Waals surface area (Å²) in [6.45, 7) is 0.668. The molecule has 5 nitrogen and oxygen atoms in total. The van der Waals surface area contributed by atoms with Gasteiger partial charge in [-0.1, -0.05) is 28.9 Å². The van der Waals surface area contributed by atoms with Crippen LogP contribution < -0.4 is 5.32 Å². The topological polar surface area (TPSA) is 63.8 Å². The lowest BCUT2D eigenvalue weighted by Crippen LogP contribution is -2.07. The molecule has 2 heterocycles. The molecule has 0 saturated carbocycles. The molecule has 0 aliphatic carbocycles. The van der Waals surface area contributed by atoms with Crippen molar-refractivity contribution < 1.29 is 8.91 Å². The predicted molar refractivity (Wildman–Crippen MR) is 98.6 cm³/mol. The van der Waals surface area contributed by atoms with Crippen molar-refractivity contribution in [2.75, 3.05) is 11.9 Å². The van der Waals surface area contributed by atoms with Crippen LogP contribution in [0.5, 0.6) is 0 Å². The molecule has 26 heavy (non-hydrogen) atoms. The molecule has 0 amide bonds. The fourth-order valence-electron chi connectivity index (χ4n) is 2.70. The van der Waals surface area contributed by atoms with Crippen LogP contribution in [0.25, 0.3) is 22.4 Å². The summed E-state index contributed by atoms with van der Waals surface area (Å²) in [6, 6.07) is 13.8. The van der Waals surface area contributed by atoms with E-state index in [4.69, 9.17) is 16.1 Å². The van der Waals surface area contributed by atoms with Gasteiger partial charge >= 0.3 is 0 Å². The van der Waals surface area contributed by atoms with Crippen molar-refractivity contribution in [3.05, 3.63) is 71.3 Å². The Balaban J connectivity index is 1.59. The van der Waals surface area contributed by atoms with Crippen LogP contribution in [-0.2, 0) is 6.42 Å². The lowest BCUT2D eigenvalue weighted by molar-refractivity contribution is 0.451. The van der Waals surface area contributed by atoms with E-state index in [1.165, 1.54) is 18.5 Å². The van der Waals surface area contributed by atoms with Gasteiger partial charge in [-0.3, -0.25) is 0 Å². The normalized spacial score (nSPS) is 11.0. The van der Waals surface area contributed by atoms with Crippen LogP contribution in [0.15, 0.2) is 59.4 Å². The Labute approximate surface area is 153 Å². The van der Waals surface area contributed by atoms with Crippen LogP contribution in [0.2, 0.25) is 5.02 Å². The molecule has 0 aliphatic rings. The lowest BCUT2D eigenvalue weighted by Gasteiger charge is -2.07. The molecule has 0 radical (unpaired) electrons. The van der Waals surface area contributed by atoms with E-state index in [-0.39, 0.29) is 5.82 Å². The summed E-state index contributed by atoms with van der Waals surface area (Å²) >= 11 is 5.91. The van der Waals surface area contributed by atoms with Gasteiger partial charge in [0.15, 0.2) is 0 Å². The monoisotopic (exact) mass is 368 g/mol. The number of halogens is 2. The van der Waals surface area contributed by atoms with E-state index < -0.39 is 0 Å². The van der Waals surface area contributed by atoms with E-state index in [0.717, 1.165) is 17.5 Å². The molecule has 2 aromatic heterocycles. The Hall–Kier alpha value is -2.99. The van der Waals surface area contributed by atoms with Gasteiger partial charge in [-0.2, -0.15) is 4.98 Å². The quantitative estimate of drug-likeness (QED) is 0.551. The number of anilines is 1. The number of benzene rings is 2. The number of hydrogen-bond acceptors (Lipinski definition) is 5. The van der Waals surface area contributed by atoms with E-state index in [0.29, 0.717) is 34.2 Å². The molecule has 0 fully saturated rings. The molecule has 7 heteroatoms. The van der Waals surface area contributed by atoms with Crippen LogP contribution in [0, 0.1) is 5.82 Å². The molecule has 130 valence electrons. The number of nitrogens with zero attached hydrogens (tertiary/aromatic N) is 3. The minimum atomic E-state index is -0.306. The largest absolute Gasteiger partial charge is 0.369 e. The van der Waals surface area contributed by atoms with Crippen molar-refractivity contribution in [3.63, 3.8) is 0 Å². The zero-order valence-corrected chi connectivity index (χ0v) is 14.4. The molecule has 0 atom stereocenters. The third kappa shape index (κ3) is 3.36. The average Bonchev–Trinajstić information content (AvgIpc) is 3.09. The second kappa shape index (κ2) is 7.09. The number of nitrogens with one attached hydrogen (secondary N) is 1. The predicted octanol–water partition coefficient (Wildman–Crippen LogP) is 4.73. The molecule has 0 bridgehead atoms. The molecule has 0 aliphatic heterocycles. The summed E-state index contributed by atoms with van der Waals surface area (Å²) in [6.07, 6.45) is 2.23. The van der Waals surface area contributed by atoms with Gasteiger partial charge in [-0.15, -0.1) is 0 Å². The van der Waals surface area contributed by atoms with Gasteiger partial charge in [0.25, 0.3) is 5.71 Å². The first-order valence-corrected chi connectivity index (χ1v) is 8.43. The Morgan fingerprint density at radius 2 is 1.77 bits per heavy atom. The molecule has 0 spiro atoms. The summed E-state index contributed by atoms with van der Waals surface area (Å²) in [5.41, 5.74) is 2.86. The highest BCUT2D eigenvalue weighted by molar-refractivity contribution is 6.30. The first-order valence-electron chi connectivity index (χ1n) is 8.05. The van der Waals surface area contributed by atoms with Gasteiger partial charge < -0.3 is 9.84 Å². The fraction of sp³-hybridized carbons (Fsp3) is 0.105. The Morgan fingerprint density at radius 1 is 1.00 bits per heavy atom. The molecule has 1 N–H and O–H groups in total. The zero-order chi connectivity index (χ0) is 17.9. The summed E-state index contributed by atoms with van der Waals surface area (Å²) in [5, 5.41) is 8.77. The van der Waals surface area contributed by atoms with Crippen LogP contribution in [0.1, 0.15) is 5.56 Å². The second-order valence-electron chi connectivity index (χ2n) is 5.74. The number of rotatable bonds is 5. The van der Waals surface area contributed by atoms with Crippen molar-refractivity contribution in [2.24, 2.45) is 0 Å². The standard InChI is InChI=1S/C19H14ClFN4O/c20-14-5-1-12(2-6-14)9-10-22-18-16-17(13-3-7-15(21)8-4-13)25-26-19(16)24-11-23-18/h1-8,11H,9-10H2,(H,22,23,24). The maximum atomic E-state index is 13.2. The van der Waals surface area contributed by atoms with E-state index in [1.54, 1.807) is 12.1 Å². The van der Waals surface area contributed by atoms with Crippen LogP contribution in [-0.4, -0.2) is 21.7 Å². The first kappa shape index (κ1) is 16.5. The summed E-state index contributed by atoms with van der Waals surface area (Å²) in [5.74, 6) is 0.323. The van der Waals surface area contributed by atoms with Crippen LogP contribution >= 0.6 is 11.6 Å². The Kier molecular flexibility index (Phi) is 4.50. The molecule has 0 unspecified atom stereocenters. The number of fused-ring (bicyclic) bond motifs is 1. The van der Waals surface area contributed by atoms with Crippen LogP contribution in [0.4, 0.5) is 10.2 Å². The van der Waals surface area contributed by atoms with Crippen molar-refractivity contribution in [2.45, 2.75) is 6.42 Å². The zero-order valence-electron chi connectivity index (χ0n) is 13.6. The fourth-order valence-corrected chi connectivity index (χ4v) is 2.83. The third-order valence-corrected chi connectivity index (χ3v) is 4.26. The van der Waals surface area contributed by atoms with Crippen molar-refractivity contribution in [3.8, 4) is 11.3 Å². The average molecular weight is 369 g/mol.